The minimum Gasteiger partial charge on any atom is -0.460 e. The highest BCUT2D eigenvalue weighted by atomic mass is 79.9. The zero-order valence-electron chi connectivity index (χ0n) is 11.3. The second-order valence-electron chi connectivity index (χ2n) is 5.29. The van der Waals surface area contributed by atoms with Crippen LogP contribution in [0, 0.1) is 5.92 Å². The average Bonchev–Trinajstić information content (AvgIpc) is 2.24. The van der Waals surface area contributed by atoms with Crippen molar-refractivity contribution in [2.24, 2.45) is 5.92 Å². The Morgan fingerprint density at radius 1 is 1.42 bits per heavy atom. The van der Waals surface area contributed by atoms with Crippen LogP contribution < -0.4 is 0 Å². The lowest BCUT2D eigenvalue weighted by Gasteiger charge is -2.24. The summed E-state index contributed by atoms with van der Waals surface area (Å²) < 4.78 is 6.69. The summed E-state index contributed by atoms with van der Waals surface area (Å²) in [5, 5.41) is 10.2. The molecule has 19 heavy (non-hydrogen) atoms. The van der Waals surface area contributed by atoms with Crippen molar-refractivity contribution in [3.05, 3.63) is 26.9 Å². The van der Waals surface area contributed by atoms with Gasteiger partial charge < -0.3 is 9.84 Å². The monoisotopic (exact) mass is 393 g/mol. The normalized spacial score (nSPS) is 14.9. The van der Waals surface area contributed by atoms with E-state index < -0.39 is 23.6 Å². The summed E-state index contributed by atoms with van der Waals surface area (Å²) >= 11 is 6.61. The Bertz CT molecular complexity index is 471. The molecule has 6 heteroatoms. The second kappa shape index (κ2) is 6.33. The standard InChI is InChI=1S/C13H17Br2NO3/c1-7(12(18)19-13(2,3)4)11(17)10-9(15)5-8(14)6-16-10/h5-7,11,17H,1-4H3. The highest BCUT2D eigenvalue weighted by molar-refractivity contribution is 9.11. The van der Waals surface area contributed by atoms with Crippen molar-refractivity contribution in [1.82, 2.24) is 4.98 Å². The van der Waals surface area contributed by atoms with Crippen molar-refractivity contribution >= 4 is 37.8 Å². The number of carbonyl (C=O) groups excluding carboxylic acids is 1. The number of hydrogen-bond donors (Lipinski definition) is 1. The van der Waals surface area contributed by atoms with Gasteiger partial charge in [-0.25, -0.2) is 0 Å². The number of aromatic nitrogens is 1. The second-order valence-corrected chi connectivity index (χ2v) is 7.06. The van der Waals surface area contributed by atoms with Crippen LogP contribution in [0.1, 0.15) is 39.5 Å². The highest BCUT2D eigenvalue weighted by Gasteiger charge is 2.30. The summed E-state index contributed by atoms with van der Waals surface area (Å²) in [6, 6.07) is 1.77. The number of rotatable bonds is 3. The predicted molar refractivity (Wildman–Crippen MR) is 79.6 cm³/mol. The van der Waals surface area contributed by atoms with Gasteiger partial charge in [0, 0.05) is 15.1 Å². The molecular formula is C13H17Br2NO3. The van der Waals surface area contributed by atoms with Crippen LogP contribution in [0.5, 0.6) is 0 Å². The van der Waals surface area contributed by atoms with Gasteiger partial charge in [-0.3, -0.25) is 9.78 Å². The molecule has 1 rings (SSSR count). The van der Waals surface area contributed by atoms with Crippen LogP contribution >= 0.6 is 31.9 Å². The maximum Gasteiger partial charge on any atom is 0.312 e. The van der Waals surface area contributed by atoms with E-state index in [2.05, 4.69) is 36.8 Å². The largest absolute Gasteiger partial charge is 0.460 e. The molecule has 0 fully saturated rings. The topological polar surface area (TPSA) is 59.4 Å². The minimum atomic E-state index is -1.02. The van der Waals surface area contributed by atoms with Gasteiger partial charge in [-0.15, -0.1) is 0 Å². The molecule has 0 bridgehead atoms. The number of esters is 1. The fourth-order valence-electron chi connectivity index (χ4n) is 1.40. The van der Waals surface area contributed by atoms with Crippen LogP contribution in [0.3, 0.4) is 0 Å². The molecule has 0 aliphatic heterocycles. The first-order valence-electron chi connectivity index (χ1n) is 5.83. The van der Waals surface area contributed by atoms with E-state index >= 15 is 0 Å². The molecule has 1 heterocycles. The molecule has 0 saturated heterocycles. The summed E-state index contributed by atoms with van der Waals surface area (Å²) in [6.45, 7) is 6.99. The highest BCUT2D eigenvalue weighted by Crippen LogP contribution is 2.30. The van der Waals surface area contributed by atoms with Crippen molar-refractivity contribution in [2.45, 2.75) is 39.4 Å². The van der Waals surface area contributed by atoms with Gasteiger partial charge in [-0.2, -0.15) is 0 Å². The fraction of sp³-hybridized carbons (Fsp3) is 0.538. The van der Waals surface area contributed by atoms with Crippen molar-refractivity contribution in [1.29, 1.82) is 0 Å². The number of carbonyl (C=O) groups is 1. The maximum atomic E-state index is 11.9. The molecule has 1 N–H and O–H groups in total. The Morgan fingerprint density at radius 3 is 2.47 bits per heavy atom. The van der Waals surface area contributed by atoms with Gasteiger partial charge in [0.2, 0.25) is 0 Å². The Balaban J connectivity index is 2.87. The van der Waals surface area contributed by atoms with Crippen molar-refractivity contribution < 1.29 is 14.6 Å². The fourth-order valence-corrected chi connectivity index (χ4v) is 2.63. The van der Waals surface area contributed by atoms with Gasteiger partial charge in [0.1, 0.15) is 11.7 Å². The number of aliphatic hydroxyl groups excluding tert-OH is 1. The number of pyridine rings is 1. The van der Waals surface area contributed by atoms with Gasteiger partial charge in [-0.05, 0) is 65.6 Å². The quantitative estimate of drug-likeness (QED) is 0.795. The van der Waals surface area contributed by atoms with Gasteiger partial charge in [0.05, 0.1) is 11.6 Å². The number of nitrogens with zero attached hydrogens (tertiary/aromatic N) is 1. The van der Waals surface area contributed by atoms with E-state index in [-0.39, 0.29) is 0 Å². The van der Waals surface area contributed by atoms with Gasteiger partial charge in [0.15, 0.2) is 0 Å². The summed E-state index contributed by atoms with van der Waals surface area (Å²) in [5.74, 6) is -1.14. The van der Waals surface area contributed by atoms with Crippen molar-refractivity contribution in [3.8, 4) is 0 Å². The predicted octanol–water partition coefficient (Wildman–Crippen LogP) is 3.62. The Labute approximate surface area is 129 Å². The first kappa shape index (κ1) is 16.6. The number of hydrogen-bond acceptors (Lipinski definition) is 4. The SMILES string of the molecule is CC(C(=O)OC(C)(C)C)C(O)c1ncc(Br)cc1Br. The molecule has 0 spiro atoms. The minimum absolute atomic E-state index is 0.418. The van der Waals surface area contributed by atoms with Gasteiger partial charge in [0.25, 0.3) is 0 Å². The van der Waals surface area contributed by atoms with E-state index in [1.54, 1.807) is 40.0 Å². The van der Waals surface area contributed by atoms with Crippen LogP contribution in [-0.4, -0.2) is 21.7 Å². The van der Waals surface area contributed by atoms with E-state index in [1.807, 2.05) is 0 Å². The number of ether oxygens (including phenoxy) is 1. The molecule has 1 aromatic heterocycles. The third-order valence-corrected chi connectivity index (χ3v) is 3.44. The van der Waals surface area contributed by atoms with Crippen LogP contribution in [0.2, 0.25) is 0 Å². The molecule has 4 nitrogen and oxygen atoms in total. The molecule has 0 aromatic carbocycles. The third kappa shape index (κ3) is 4.85. The first-order chi connectivity index (χ1) is 8.61. The molecule has 2 atom stereocenters. The summed E-state index contributed by atoms with van der Waals surface area (Å²) in [6.07, 6.45) is 0.558. The molecule has 1 aromatic rings. The van der Waals surface area contributed by atoms with E-state index in [9.17, 15) is 9.90 Å². The van der Waals surface area contributed by atoms with Crippen LogP contribution in [0.15, 0.2) is 21.2 Å². The molecule has 106 valence electrons. The van der Waals surface area contributed by atoms with E-state index in [4.69, 9.17) is 4.74 Å². The molecule has 0 amide bonds. The average molecular weight is 395 g/mol. The van der Waals surface area contributed by atoms with Gasteiger partial charge >= 0.3 is 5.97 Å². The van der Waals surface area contributed by atoms with E-state index in [1.165, 1.54) is 0 Å². The Hall–Kier alpha value is -0.460. The zero-order chi connectivity index (χ0) is 14.8. The Morgan fingerprint density at radius 2 is 2.00 bits per heavy atom. The summed E-state index contributed by atoms with van der Waals surface area (Å²) in [7, 11) is 0. The first-order valence-corrected chi connectivity index (χ1v) is 7.42. The zero-order valence-corrected chi connectivity index (χ0v) is 14.4. The number of halogens is 2. The van der Waals surface area contributed by atoms with Crippen LogP contribution in [-0.2, 0) is 9.53 Å². The molecular weight excluding hydrogens is 378 g/mol. The lowest BCUT2D eigenvalue weighted by Crippen LogP contribution is -2.30. The number of aliphatic hydroxyl groups is 1. The molecule has 0 radical (unpaired) electrons. The summed E-state index contributed by atoms with van der Waals surface area (Å²) in [4.78, 5) is 16.0. The molecule has 0 aliphatic carbocycles. The van der Waals surface area contributed by atoms with Crippen molar-refractivity contribution in [3.63, 3.8) is 0 Å². The molecule has 0 aliphatic rings. The summed E-state index contributed by atoms with van der Waals surface area (Å²) in [5.41, 5.74) is -0.156. The smallest absolute Gasteiger partial charge is 0.312 e. The van der Waals surface area contributed by atoms with Crippen molar-refractivity contribution in [2.75, 3.05) is 0 Å². The molecule has 2 unspecified atom stereocenters. The molecule has 0 saturated carbocycles. The third-order valence-electron chi connectivity index (χ3n) is 2.37. The van der Waals surface area contributed by atoms with Gasteiger partial charge in [-0.1, -0.05) is 0 Å². The van der Waals surface area contributed by atoms with E-state index in [0.29, 0.717) is 10.2 Å². The lowest BCUT2D eigenvalue weighted by molar-refractivity contribution is -0.163. The maximum absolute atomic E-state index is 11.9. The van der Waals surface area contributed by atoms with Crippen LogP contribution in [0.4, 0.5) is 0 Å². The van der Waals surface area contributed by atoms with E-state index in [0.717, 1.165) is 4.47 Å². The lowest BCUT2D eigenvalue weighted by atomic mass is 10.0. The van der Waals surface area contributed by atoms with Crippen LogP contribution in [0.25, 0.3) is 0 Å². The Kier molecular flexibility index (Phi) is 5.53.